The normalized spacial score (nSPS) is 11.5. The minimum atomic E-state index is -3.53. The predicted octanol–water partition coefficient (Wildman–Crippen LogP) is 4.35. The van der Waals surface area contributed by atoms with Gasteiger partial charge in [0.25, 0.3) is 0 Å². The lowest BCUT2D eigenvalue weighted by Crippen LogP contribution is -2.34. The van der Waals surface area contributed by atoms with Crippen molar-refractivity contribution in [2.75, 3.05) is 23.7 Å². The predicted molar refractivity (Wildman–Crippen MR) is 126 cm³/mol. The fraction of sp³-hybridized carbons (Fsp3) is 0.381. The van der Waals surface area contributed by atoms with Crippen molar-refractivity contribution < 1.29 is 17.7 Å². The molecule has 2 heterocycles. The van der Waals surface area contributed by atoms with Gasteiger partial charge in [0.1, 0.15) is 0 Å². The number of hydrogen-bond acceptors (Lipinski definition) is 7. The van der Waals surface area contributed by atoms with Gasteiger partial charge in [-0.25, -0.2) is 8.42 Å². The van der Waals surface area contributed by atoms with Gasteiger partial charge in [-0.15, -0.1) is 11.3 Å². The lowest BCUT2D eigenvalue weighted by Gasteiger charge is -2.25. The van der Waals surface area contributed by atoms with Crippen LogP contribution in [0.1, 0.15) is 31.2 Å². The van der Waals surface area contributed by atoms with E-state index in [4.69, 9.17) is 16.1 Å². The van der Waals surface area contributed by atoms with Gasteiger partial charge in [-0.2, -0.15) is 4.98 Å². The average molecular weight is 497 g/mol. The van der Waals surface area contributed by atoms with Gasteiger partial charge < -0.3 is 9.42 Å². The Labute approximate surface area is 196 Å². The summed E-state index contributed by atoms with van der Waals surface area (Å²) < 4.78 is 31.3. The Hall–Kier alpha value is -2.43. The van der Waals surface area contributed by atoms with E-state index in [1.54, 1.807) is 30.0 Å². The molecule has 0 spiro atoms. The third kappa shape index (κ3) is 5.87. The Balaban J connectivity index is 1.62. The zero-order valence-electron chi connectivity index (χ0n) is 18.1. The van der Waals surface area contributed by atoms with Gasteiger partial charge in [-0.05, 0) is 49.4 Å². The molecule has 11 heteroatoms. The first-order chi connectivity index (χ1) is 15.2. The van der Waals surface area contributed by atoms with Crippen LogP contribution in [0.15, 0.2) is 40.2 Å². The highest BCUT2D eigenvalue weighted by atomic mass is 35.5. The quantitative estimate of drug-likeness (QED) is 0.414. The molecular formula is C21H25ClN4O4S2. The van der Waals surface area contributed by atoms with Crippen molar-refractivity contribution >= 4 is 44.6 Å². The molecular weight excluding hydrogens is 472 g/mol. The number of sulfonamides is 1. The third-order valence-corrected chi connectivity index (χ3v) is 7.39. The summed E-state index contributed by atoms with van der Waals surface area (Å²) in [4.78, 5) is 19.6. The molecule has 3 rings (SSSR count). The van der Waals surface area contributed by atoms with E-state index in [0.717, 1.165) is 11.1 Å². The summed E-state index contributed by atoms with van der Waals surface area (Å²) >= 11 is 7.67. The fourth-order valence-corrected chi connectivity index (χ4v) is 5.06. The van der Waals surface area contributed by atoms with E-state index in [2.05, 4.69) is 10.1 Å². The van der Waals surface area contributed by atoms with Crippen LogP contribution in [0.4, 0.5) is 5.69 Å². The summed E-state index contributed by atoms with van der Waals surface area (Å²) in [5.74, 6) is 0.745. The van der Waals surface area contributed by atoms with Crippen LogP contribution < -0.4 is 4.31 Å². The molecule has 32 heavy (non-hydrogen) atoms. The molecule has 172 valence electrons. The van der Waals surface area contributed by atoms with Gasteiger partial charge in [-0.1, -0.05) is 28.9 Å². The Morgan fingerprint density at radius 1 is 1.25 bits per heavy atom. The Kier molecular flexibility index (Phi) is 7.91. The first kappa shape index (κ1) is 24.2. The number of nitrogens with zero attached hydrogens (tertiary/aromatic N) is 4. The molecule has 0 bridgehead atoms. The molecule has 0 saturated heterocycles. The van der Waals surface area contributed by atoms with Gasteiger partial charge in [0, 0.05) is 24.5 Å². The second kappa shape index (κ2) is 10.5. The van der Waals surface area contributed by atoms with Crippen LogP contribution in [-0.2, 0) is 21.4 Å². The van der Waals surface area contributed by atoms with Crippen molar-refractivity contribution in [3.63, 3.8) is 0 Å². The van der Waals surface area contributed by atoms with E-state index in [0.29, 0.717) is 41.0 Å². The topological polar surface area (TPSA) is 96.6 Å². The summed E-state index contributed by atoms with van der Waals surface area (Å²) in [5.41, 5.74) is 1.20. The zero-order chi connectivity index (χ0) is 23.3. The maximum atomic E-state index is 12.8. The number of amides is 1. The van der Waals surface area contributed by atoms with E-state index >= 15 is 0 Å². The van der Waals surface area contributed by atoms with Crippen molar-refractivity contribution in [2.24, 2.45) is 0 Å². The molecule has 2 aromatic heterocycles. The van der Waals surface area contributed by atoms with Crippen molar-refractivity contribution in [3.8, 4) is 10.7 Å². The summed E-state index contributed by atoms with van der Waals surface area (Å²) in [6.45, 7) is 4.49. The van der Waals surface area contributed by atoms with Gasteiger partial charge in [-0.3, -0.25) is 9.10 Å². The molecule has 1 aromatic carbocycles. The van der Waals surface area contributed by atoms with Crippen LogP contribution in [0.2, 0.25) is 5.02 Å². The molecule has 0 unspecified atom stereocenters. The maximum absolute atomic E-state index is 12.8. The number of aromatic nitrogens is 2. The van der Waals surface area contributed by atoms with E-state index in [1.165, 1.54) is 15.6 Å². The zero-order valence-corrected chi connectivity index (χ0v) is 20.5. The number of carbonyl (C=O) groups excluding carboxylic acids is 1. The Morgan fingerprint density at radius 2 is 2.03 bits per heavy atom. The average Bonchev–Trinajstić information content (AvgIpc) is 3.42. The van der Waals surface area contributed by atoms with E-state index < -0.39 is 10.0 Å². The van der Waals surface area contributed by atoms with Crippen molar-refractivity contribution in [1.82, 2.24) is 15.0 Å². The molecule has 0 atom stereocenters. The number of halogens is 1. The van der Waals surface area contributed by atoms with Gasteiger partial charge in [0.2, 0.25) is 27.6 Å². The summed E-state index contributed by atoms with van der Waals surface area (Å²) in [7, 11) is -3.53. The molecule has 0 N–H and O–H groups in total. The van der Waals surface area contributed by atoms with Crippen LogP contribution in [0, 0.1) is 6.92 Å². The second-order valence-electron chi connectivity index (χ2n) is 7.22. The first-order valence-electron chi connectivity index (χ1n) is 10.1. The molecule has 8 nitrogen and oxygen atoms in total. The van der Waals surface area contributed by atoms with Crippen LogP contribution in [0.5, 0.6) is 0 Å². The van der Waals surface area contributed by atoms with Gasteiger partial charge in [0.15, 0.2) is 0 Å². The highest BCUT2D eigenvalue weighted by Crippen LogP contribution is 2.28. The van der Waals surface area contributed by atoms with Crippen molar-refractivity contribution in [3.05, 3.63) is 52.2 Å². The first-order valence-corrected chi connectivity index (χ1v) is 13.2. The molecule has 3 aromatic rings. The largest absolute Gasteiger partial charge is 0.337 e. The third-order valence-electron chi connectivity index (χ3n) is 4.93. The Bertz CT molecular complexity index is 1160. The van der Waals surface area contributed by atoms with Crippen LogP contribution in [-0.4, -0.2) is 48.7 Å². The number of benzene rings is 1. The Morgan fingerprint density at radius 3 is 2.69 bits per heavy atom. The monoisotopic (exact) mass is 496 g/mol. The summed E-state index contributed by atoms with van der Waals surface area (Å²) in [6.07, 6.45) is 1.69. The second-order valence-corrected chi connectivity index (χ2v) is 10.5. The van der Waals surface area contributed by atoms with E-state index in [9.17, 15) is 13.2 Å². The highest BCUT2D eigenvalue weighted by molar-refractivity contribution is 7.92. The van der Waals surface area contributed by atoms with E-state index in [1.807, 2.05) is 24.4 Å². The fourth-order valence-electron chi connectivity index (χ4n) is 3.23. The lowest BCUT2D eigenvalue weighted by molar-refractivity contribution is -0.132. The molecule has 0 aliphatic heterocycles. The lowest BCUT2D eigenvalue weighted by atomic mass is 10.2. The number of rotatable bonds is 10. The SMILES string of the molecule is CCN(Cc1nc(-c2cccs2)no1)C(=O)CCCN(c1cccc(Cl)c1C)S(C)(=O)=O. The number of anilines is 1. The smallest absolute Gasteiger partial charge is 0.246 e. The van der Waals surface area contributed by atoms with E-state index in [-0.39, 0.29) is 25.4 Å². The minimum absolute atomic E-state index is 0.111. The van der Waals surface area contributed by atoms with Gasteiger partial charge in [0.05, 0.1) is 23.4 Å². The van der Waals surface area contributed by atoms with Crippen LogP contribution >= 0.6 is 22.9 Å². The van der Waals surface area contributed by atoms with Crippen molar-refractivity contribution in [1.29, 1.82) is 0 Å². The summed E-state index contributed by atoms with van der Waals surface area (Å²) in [6, 6.07) is 8.94. The molecule has 1 amide bonds. The molecule has 0 fully saturated rings. The number of thiophene rings is 1. The highest BCUT2D eigenvalue weighted by Gasteiger charge is 2.22. The summed E-state index contributed by atoms with van der Waals surface area (Å²) in [5, 5.41) is 6.39. The van der Waals surface area contributed by atoms with Gasteiger partial charge >= 0.3 is 0 Å². The number of carbonyl (C=O) groups is 1. The molecule has 0 radical (unpaired) electrons. The molecule has 0 aliphatic rings. The number of hydrogen-bond donors (Lipinski definition) is 0. The molecule has 0 aliphatic carbocycles. The standard InChI is InChI=1S/C21H25ClN4O4S2/c1-4-25(14-19-23-21(24-30-19)18-10-7-13-31-18)20(27)11-6-12-26(32(3,28)29)17-9-5-8-16(22)15(17)2/h5,7-10,13H,4,6,11-12,14H2,1-3H3. The van der Waals surface area contributed by atoms with Crippen LogP contribution in [0.3, 0.4) is 0 Å². The van der Waals surface area contributed by atoms with Crippen LogP contribution in [0.25, 0.3) is 10.7 Å². The molecule has 0 saturated carbocycles. The van der Waals surface area contributed by atoms with Crippen molar-refractivity contribution in [2.45, 2.75) is 33.2 Å². The maximum Gasteiger partial charge on any atom is 0.246 e. The minimum Gasteiger partial charge on any atom is -0.337 e.